The van der Waals surface area contributed by atoms with Crippen LogP contribution in [0.3, 0.4) is 0 Å². The van der Waals surface area contributed by atoms with Gasteiger partial charge >= 0.3 is 0 Å². The third kappa shape index (κ3) is 3.94. The number of benzene rings is 1. The first-order valence-electron chi connectivity index (χ1n) is 6.61. The van der Waals surface area contributed by atoms with Crippen LogP contribution in [0.5, 0.6) is 5.75 Å². The summed E-state index contributed by atoms with van der Waals surface area (Å²) < 4.78 is 6.68. The summed E-state index contributed by atoms with van der Waals surface area (Å²) in [4.78, 5) is 13.9. The van der Waals surface area contributed by atoms with Crippen molar-refractivity contribution in [1.29, 1.82) is 0 Å². The first-order valence-corrected chi connectivity index (χ1v) is 7.40. The van der Waals surface area contributed by atoms with E-state index in [9.17, 15) is 4.79 Å². The maximum Gasteiger partial charge on any atom is 0.239 e. The molecule has 104 valence electrons. The molecule has 1 heterocycles. The van der Waals surface area contributed by atoms with Gasteiger partial charge in [0.1, 0.15) is 12.4 Å². The summed E-state index contributed by atoms with van der Waals surface area (Å²) in [5.74, 6) is 1.02. The van der Waals surface area contributed by atoms with Crippen molar-refractivity contribution < 1.29 is 9.53 Å². The lowest BCUT2D eigenvalue weighted by Gasteiger charge is -2.32. The van der Waals surface area contributed by atoms with Gasteiger partial charge in [0.15, 0.2) is 0 Å². The molecule has 0 aromatic heterocycles. The largest absolute Gasteiger partial charge is 0.492 e. The smallest absolute Gasteiger partial charge is 0.239 e. The molecular formula is C14H19BrN2O2. The van der Waals surface area contributed by atoms with Crippen molar-refractivity contribution in [3.8, 4) is 5.75 Å². The number of hydrogen-bond donors (Lipinski definition) is 1. The molecule has 1 saturated heterocycles. The Hall–Kier alpha value is -1.07. The van der Waals surface area contributed by atoms with Crippen LogP contribution in [0.2, 0.25) is 0 Å². The van der Waals surface area contributed by atoms with Crippen LogP contribution in [0.25, 0.3) is 0 Å². The number of nitrogens with one attached hydrogen (secondary N) is 1. The van der Waals surface area contributed by atoms with Gasteiger partial charge in [0.2, 0.25) is 5.91 Å². The van der Waals surface area contributed by atoms with E-state index < -0.39 is 0 Å². The zero-order valence-electron chi connectivity index (χ0n) is 11.1. The van der Waals surface area contributed by atoms with E-state index in [4.69, 9.17) is 4.74 Å². The Kier molecular flexibility index (Phi) is 5.22. The van der Waals surface area contributed by atoms with Crippen LogP contribution in [0, 0.1) is 0 Å². The van der Waals surface area contributed by atoms with Crippen LogP contribution in [-0.4, -0.2) is 43.1 Å². The van der Waals surface area contributed by atoms with E-state index in [1.807, 2.05) is 36.1 Å². The summed E-state index contributed by atoms with van der Waals surface area (Å²) in [5.41, 5.74) is 0. The zero-order valence-corrected chi connectivity index (χ0v) is 12.6. The highest BCUT2D eigenvalue weighted by molar-refractivity contribution is 9.10. The first-order chi connectivity index (χ1) is 9.20. The van der Waals surface area contributed by atoms with Gasteiger partial charge in [-0.3, -0.25) is 4.79 Å². The maximum absolute atomic E-state index is 12.0. The first kappa shape index (κ1) is 14.3. The predicted octanol–water partition coefficient (Wildman–Crippen LogP) is 2.04. The quantitative estimate of drug-likeness (QED) is 0.900. The summed E-state index contributed by atoms with van der Waals surface area (Å²) in [6.45, 7) is 4.83. The topological polar surface area (TPSA) is 41.6 Å². The molecule has 1 N–H and O–H groups in total. The molecule has 0 bridgehead atoms. The number of carbonyl (C=O) groups is 1. The van der Waals surface area contributed by atoms with Crippen molar-refractivity contribution in [1.82, 2.24) is 10.2 Å². The van der Waals surface area contributed by atoms with Gasteiger partial charge in [-0.15, -0.1) is 0 Å². The van der Waals surface area contributed by atoms with Crippen molar-refractivity contribution in [2.24, 2.45) is 0 Å². The van der Waals surface area contributed by atoms with Crippen LogP contribution in [0.4, 0.5) is 0 Å². The summed E-state index contributed by atoms with van der Waals surface area (Å²) in [5, 5.41) is 3.23. The van der Waals surface area contributed by atoms with Crippen LogP contribution in [0.15, 0.2) is 28.7 Å². The Morgan fingerprint density at radius 1 is 1.42 bits per heavy atom. The molecule has 0 aliphatic carbocycles. The summed E-state index contributed by atoms with van der Waals surface area (Å²) in [7, 11) is 0. The molecule has 1 aromatic carbocycles. The highest BCUT2D eigenvalue weighted by atomic mass is 79.9. The minimum absolute atomic E-state index is 0.0265. The standard InChI is InChI=1S/C14H19BrN2O2/c1-2-13-14(18)17(8-7-16-13)9-10-19-12-5-3-11(15)4-6-12/h3-6,13,16H,2,7-10H2,1H3. The number of amides is 1. The molecule has 19 heavy (non-hydrogen) atoms. The number of rotatable bonds is 5. The van der Waals surface area contributed by atoms with Gasteiger partial charge in [0.25, 0.3) is 0 Å². The SMILES string of the molecule is CCC1NCCN(CCOc2ccc(Br)cc2)C1=O. The van der Waals surface area contributed by atoms with Crippen LogP contribution in [-0.2, 0) is 4.79 Å². The second kappa shape index (κ2) is 6.91. The highest BCUT2D eigenvalue weighted by Gasteiger charge is 2.26. The summed E-state index contributed by atoms with van der Waals surface area (Å²) >= 11 is 3.38. The van der Waals surface area contributed by atoms with Crippen molar-refractivity contribution in [2.45, 2.75) is 19.4 Å². The molecule has 1 aliphatic rings. The Labute approximate surface area is 122 Å². The lowest BCUT2D eigenvalue weighted by Crippen LogP contribution is -2.55. The van der Waals surface area contributed by atoms with E-state index in [2.05, 4.69) is 21.2 Å². The van der Waals surface area contributed by atoms with Gasteiger partial charge in [-0.25, -0.2) is 0 Å². The molecule has 1 fully saturated rings. The number of piperazine rings is 1. The van der Waals surface area contributed by atoms with E-state index >= 15 is 0 Å². The molecule has 1 amide bonds. The molecule has 5 heteroatoms. The number of halogens is 1. The van der Waals surface area contributed by atoms with Crippen molar-refractivity contribution in [2.75, 3.05) is 26.2 Å². The van der Waals surface area contributed by atoms with Crippen LogP contribution >= 0.6 is 15.9 Å². The molecule has 2 rings (SSSR count). The monoisotopic (exact) mass is 326 g/mol. The number of nitrogens with zero attached hydrogens (tertiary/aromatic N) is 1. The summed E-state index contributed by atoms with van der Waals surface area (Å²) in [6.07, 6.45) is 0.836. The fourth-order valence-corrected chi connectivity index (χ4v) is 2.40. The average molecular weight is 327 g/mol. The Morgan fingerprint density at radius 3 is 2.84 bits per heavy atom. The fourth-order valence-electron chi connectivity index (χ4n) is 2.14. The van der Waals surface area contributed by atoms with Gasteiger partial charge in [0.05, 0.1) is 12.6 Å². The zero-order chi connectivity index (χ0) is 13.7. The molecule has 0 saturated carbocycles. The van der Waals surface area contributed by atoms with Gasteiger partial charge in [0, 0.05) is 17.6 Å². The van der Waals surface area contributed by atoms with Gasteiger partial charge in [-0.1, -0.05) is 22.9 Å². The number of hydrogen-bond acceptors (Lipinski definition) is 3. The van der Waals surface area contributed by atoms with E-state index in [0.29, 0.717) is 13.2 Å². The minimum atomic E-state index is -0.0265. The lowest BCUT2D eigenvalue weighted by atomic mass is 10.1. The maximum atomic E-state index is 12.0. The van der Waals surface area contributed by atoms with E-state index in [-0.39, 0.29) is 11.9 Å². The molecule has 1 unspecified atom stereocenters. The van der Waals surface area contributed by atoms with Crippen molar-refractivity contribution in [3.63, 3.8) is 0 Å². The Bertz CT molecular complexity index is 422. The van der Waals surface area contributed by atoms with Crippen LogP contribution < -0.4 is 10.1 Å². The average Bonchev–Trinajstić information content (AvgIpc) is 2.43. The predicted molar refractivity (Wildman–Crippen MR) is 78.3 cm³/mol. The highest BCUT2D eigenvalue weighted by Crippen LogP contribution is 2.16. The molecule has 1 aromatic rings. The third-order valence-electron chi connectivity index (χ3n) is 3.23. The van der Waals surface area contributed by atoms with Crippen molar-refractivity contribution in [3.05, 3.63) is 28.7 Å². The van der Waals surface area contributed by atoms with Gasteiger partial charge in [-0.05, 0) is 30.7 Å². The normalized spacial score (nSPS) is 19.6. The molecule has 0 spiro atoms. The van der Waals surface area contributed by atoms with Crippen LogP contribution in [0.1, 0.15) is 13.3 Å². The lowest BCUT2D eigenvalue weighted by molar-refractivity contribution is -0.136. The Balaban J connectivity index is 1.79. The van der Waals surface area contributed by atoms with Crippen molar-refractivity contribution >= 4 is 21.8 Å². The molecular weight excluding hydrogens is 308 g/mol. The molecule has 1 atom stereocenters. The minimum Gasteiger partial charge on any atom is -0.492 e. The third-order valence-corrected chi connectivity index (χ3v) is 3.76. The Morgan fingerprint density at radius 2 is 2.16 bits per heavy atom. The number of ether oxygens (including phenoxy) is 1. The van der Waals surface area contributed by atoms with E-state index in [1.165, 1.54) is 0 Å². The second-order valence-corrected chi connectivity index (χ2v) is 5.46. The second-order valence-electron chi connectivity index (χ2n) is 4.54. The number of carbonyl (C=O) groups excluding carboxylic acids is 1. The summed E-state index contributed by atoms with van der Waals surface area (Å²) in [6, 6.07) is 7.69. The van der Waals surface area contributed by atoms with Gasteiger partial charge in [-0.2, -0.15) is 0 Å². The molecule has 0 radical (unpaired) electrons. The molecule has 1 aliphatic heterocycles. The molecule has 4 nitrogen and oxygen atoms in total. The van der Waals surface area contributed by atoms with E-state index in [1.54, 1.807) is 0 Å². The van der Waals surface area contributed by atoms with E-state index in [0.717, 1.165) is 29.7 Å². The van der Waals surface area contributed by atoms with Gasteiger partial charge < -0.3 is 15.0 Å². The fraction of sp³-hybridized carbons (Fsp3) is 0.500.